The summed E-state index contributed by atoms with van der Waals surface area (Å²) >= 11 is 0. The van der Waals surface area contributed by atoms with Crippen molar-refractivity contribution in [3.63, 3.8) is 0 Å². The summed E-state index contributed by atoms with van der Waals surface area (Å²) in [7, 11) is 62.1. The first kappa shape index (κ1) is 20.9. The Kier molecular flexibility index (Phi) is 4.53. The Balaban J connectivity index is 2.02. The highest BCUT2D eigenvalue weighted by Crippen LogP contribution is 2.28. The summed E-state index contributed by atoms with van der Waals surface area (Å²) in [6.45, 7) is -0.710. The fourth-order valence-corrected chi connectivity index (χ4v) is 4.27. The van der Waals surface area contributed by atoms with Crippen molar-refractivity contribution in [1.29, 1.82) is 0 Å². The number of rotatable bonds is 0. The molecule has 0 bridgehead atoms. The third kappa shape index (κ3) is 2.55. The first-order valence-electron chi connectivity index (χ1n) is 9.15. The standard InChI is InChI=1S/C18HB11O2/c19-2-1-3(20)15-12(4(2)21)29-13-8(25)5(22)6(23)9(26)16(13)31-18-11(28)7(24)10(27)17(30-15)14(18)29/h1H. The average molecular weight is 368 g/mol. The van der Waals surface area contributed by atoms with E-state index in [1.807, 2.05) is 0 Å². The second kappa shape index (κ2) is 6.74. The molecule has 2 aliphatic rings. The minimum absolute atomic E-state index is 0.0780. The molecule has 0 spiro atoms. The maximum atomic E-state index is 6.39. The van der Waals surface area contributed by atoms with Gasteiger partial charge in [-0.3, -0.25) is 0 Å². The van der Waals surface area contributed by atoms with E-state index in [4.69, 9.17) is 87.9 Å². The van der Waals surface area contributed by atoms with Crippen molar-refractivity contribution in [1.82, 2.24) is 0 Å². The summed E-state index contributed by atoms with van der Waals surface area (Å²) in [6.07, 6.45) is 0. The summed E-state index contributed by atoms with van der Waals surface area (Å²) in [5.41, 5.74) is 2.78. The molecule has 0 amide bonds. The zero-order valence-corrected chi connectivity index (χ0v) is 16.2. The van der Waals surface area contributed by atoms with Crippen LogP contribution in [0.15, 0.2) is 6.07 Å². The molecule has 3 aromatic carbocycles. The van der Waals surface area contributed by atoms with Crippen LogP contribution in [0.2, 0.25) is 0 Å². The molecule has 3 aromatic rings. The van der Waals surface area contributed by atoms with E-state index in [-0.39, 0.29) is 77.6 Å². The molecule has 0 unspecified atom stereocenters. The van der Waals surface area contributed by atoms with Crippen LogP contribution in [0.1, 0.15) is 0 Å². The summed E-state index contributed by atoms with van der Waals surface area (Å²) in [5, 5.41) is 0. The summed E-state index contributed by atoms with van der Waals surface area (Å²) < 4.78 is 12.1. The molecule has 2 aliphatic heterocycles. The van der Waals surface area contributed by atoms with Gasteiger partial charge in [-0.05, 0) is 10.9 Å². The van der Waals surface area contributed by atoms with E-state index in [0.29, 0.717) is 16.4 Å². The Morgan fingerprint density at radius 2 is 0.839 bits per heavy atom. The molecule has 0 aliphatic carbocycles. The molecular formula is C18HB11O2. The first-order valence-corrected chi connectivity index (χ1v) is 9.15. The molecule has 2 nitrogen and oxygen atoms in total. The van der Waals surface area contributed by atoms with Gasteiger partial charge in [0.15, 0.2) is 0 Å². The van der Waals surface area contributed by atoms with Gasteiger partial charge in [-0.15, -0.1) is 32.8 Å². The highest BCUT2D eigenvalue weighted by Gasteiger charge is 2.44. The predicted octanol–water partition coefficient (Wildman–Crippen LogP) is -9.65. The minimum atomic E-state index is -0.710. The lowest BCUT2D eigenvalue weighted by Crippen LogP contribution is -2.72. The molecular weight excluding hydrogens is 367 g/mol. The Morgan fingerprint density at radius 3 is 1.42 bits per heavy atom. The molecule has 13 heteroatoms. The van der Waals surface area contributed by atoms with Gasteiger partial charge in [0.1, 0.15) is 101 Å². The molecule has 31 heavy (non-hydrogen) atoms. The maximum absolute atomic E-state index is 6.39. The highest BCUT2D eigenvalue weighted by molar-refractivity contribution is 7.03. The maximum Gasteiger partial charge on any atom is 0.258 e. The smallest absolute Gasteiger partial charge is 0.258 e. The van der Waals surface area contributed by atoms with Crippen LogP contribution in [-0.4, -0.2) is 85.2 Å². The average Bonchev–Trinajstić information content (AvgIpc) is 2.75. The van der Waals surface area contributed by atoms with Crippen LogP contribution in [0.4, 0.5) is 0 Å². The van der Waals surface area contributed by atoms with Crippen LogP contribution < -0.4 is 80.5 Å². The Hall–Kier alpha value is -2.03. The zero-order chi connectivity index (χ0) is 22.5. The van der Waals surface area contributed by atoms with Crippen LogP contribution >= 0.6 is 0 Å². The molecule has 2 heterocycles. The van der Waals surface area contributed by atoms with Crippen molar-refractivity contribution >= 4 is 156 Å². The van der Waals surface area contributed by atoms with Crippen molar-refractivity contribution in [2.24, 2.45) is 0 Å². The zero-order valence-electron chi connectivity index (χ0n) is 16.2. The van der Waals surface area contributed by atoms with Crippen LogP contribution in [-0.2, 0) is 0 Å². The van der Waals surface area contributed by atoms with Gasteiger partial charge in [-0.1, -0.05) is 27.9 Å². The van der Waals surface area contributed by atoms with Gasteiger partial charge in [0.25, 0.3) is 6.71 Å². The molecule has 0 fully saturated rings. The number of hydrogen-bond acceptors (Lipinski definition) is 2. The van der Waals surface area contributed by atoms with Crippen LogP contribution in [0, 0.1) is 0 Å². The van der Waals surface area contributed by atoms with E-state index in [1.54, 1.807) is 0 Å². The van der Waals surface area contributed by atoms with Gasteiger partial charge in [0, 0.05) is 5.46 Å². The Morgan fingerprint density at radius 1 is 0.419 bits per heavy atom. The van der Waals surface area contributed by atoms with E-state index in [2.05, 4.69) is 0 Å². The van der Waals surface area contributed by atoms with E-state index < -0.39 is 6.71 Å². The van der Waals surface area contributed by atoms with Gasteiger partial charge in [0.2, 0.25) is 0 Å². The number of benzene rings is 3. The fraction of sp³-hybridized carbons (Fsp3) is 0. The minimum Gasteiger partial charge on any atom is -0.460 e. The fourth-order valence-electron chi connectivity index (χ4n) is 4.27. The van der Waals surface area contributed by atoms with E-state index in [0.717, 1.165) is 0 Å². The van der Waals surface area contributed by atoms with Gasteiger partial charge < -0.3 is 9.47 Å². The second-order valence-corrected chi connectivity index (χ2v) is 7.56. The molecule has 0 saturated heterocycles. The van der Waals surface area contributed by atoms with Gasteiger partial charge in [-0.2, -0.15) is 0 Å². The van der Waals surface area contributed by atoms with Crippen LogP contribution in [0.5, 0.6) is 23.0 Å². The number of fused-ring (bicyclic) bond motifs is 4. The third-order valence-electron chi connectivity index (χ3n) is 5.90. The predicted molar refractivity (Wildman–Crippen MR) is 138 cm³/mol. The normalized spacial score (nSPS) is 13.0. The summed E-state index contributed by atoms with van der Waals surface area (Å²) in [4.78, 5) is 0. The summed E-state index contributed by atoms with van der Waals surface area (Å²) in [5.74, 6) is 0.846. The van der Waals surface area contributed by atoms with Crippen molar-refractivity contribution < 1.29 is 9.47 Å². The van der Waals surface area contributed by atoms with Crippen molar-refractivity contribution in [2.75, 3.05) is 0 Å². The van der Waals surface area contributed by atoms with Gasteiger partial charge in [0.05, 0.1) is 0 Å². The van der Waals surface area contributed by atoms with Crippen molar-refractivity contribution in [2.45, 2.75) is 0 Å². The van der Waals surface area contributed by atoms with Crippen LogP contribution in [0.25, 0.3) is 0 Å². The molecule has 0 N–H and O–H groups in total. The first-order chi connectivity index (χ1) is 14.6. The second-order valence-electron chi connectivity index (χ2n) is 7.56. The molecule has 0 aromatic heterocycles. The van der Waals surface area contributed by atoms with Crippen LogP contribution in [0.3, 0.4) is 0 Å². The molecule has 118 valence electrons. The van der Waals surface area contributed by atoms with Crippen molar-refractivity contribution in [3.8, 4) is 23.0 Å². The lowest BCUT2D eigenvalue weighted by atomic mass is 9.30. The van der Waals surface area contributed by atoms with Gasteiger partial charge >= 0.3 is 0 Å². The largest absolute Gasteiger partial charge is 0.460 e. The topological polar surface area (TPSA) is 18.5 Å². The quantitative estimate of drug-likeness (QED) is 0.253. The third-order valence-corrected chi connectivity index (χ3v) is 5.90. The number of hydrogen-bond donors (Lipinski definition) is 0. The van der Waals surface area contributed by atoms with Gasteiger partial charge in [-0.25, -0.2) is 0 Å². The SMILES string of the molecule is [B]c1cc([B])c2c(c1[B])B1c3c([B])c([B])c([B])c([B])c3Oc3c([B])c([B])c([B])c(c31)O2. The lowest BCUT2D eigenvalue weighted by molar-refractivity contribution is 0.474. The number of ether oxygens (including phenoxy) is 2. The monoisotopic (exact) mass is 370 g/mol. The molecule has 0 atom stereocenters. The highest BCUT2D eigenvalue weighted by atomic mass is 16.5. The molecule has 0 saturated carbocycles. The lowest BCUT2D eigenvalue weighted by Gasteiger charge is -2.40. The van der Waals surface area contributed by atoms with E-state index in [9.17, 15) is 0 Å². The Labute approximate surface area is 194 Å². The molecule has 20 radical (unpaired) electrons. The Bertz CT molecular complexity index is 1330. The van der Waals surface area contributed by atoms with Crippen molar-refractivity contribution in [3.05, 3.63) is 6.07 Å². The van der Waals surface area contributed by atoms with E-state index >= 15 is 0 Å². The summed E-state index contributed by atoms with van der Waals surface area (Å²) in [6, 6.07) is 1.49. The van der Waals surface area contributed by atoms with E-state index in [1.165, 1.54) is 6.07 Å². The molecule has 5 rings (SSSR count).